The zero-order valence-electron chi connectivity index (χ0n) is 11.1. The number of nitriles is 1. The SMILES string of the molecule is CCN(CCC#N)Cc1cc2ccccc2nc1N. The summed E-state index contributed by atoms with van der Waals surface area (Å²) in [6, 6.07) is 12.2. The summed E-state index contributed by atoms with van der Waals surface area (Å²) in [7, 11) is 0. The molecule has 2 aromatic rings. The minimum Gasteiger partial charge on any atom is -0.383 e. The Hall–Kier alpha value is -2.12. The summed E-state index contributed by atoms with van der Waals surface area (Å²) in [5.41, 5.74) is 7.96. The van der Waals surface area contributed by atoms with Gasteiger partial charge in [0.15, 0.2) is 0 Å². The van der Waals surface area contributed by atoms with Gasteiger partial charge >= 0.3 is 0 Å². The fourth-order valence-corrected chi connectivity index (χ4v) is 2.10. The van der Waals surface area contributed by atoms with Crippen molar-refractivity contribution in [2.75, 3.05) is 18.8 Å². The molecule has 0 unspecified atom stereocenters. The first-order valence-corrected chi connectivity index (χ1v) is 6.48. The quantitative estimate of drug-likeness (QED) is 0.890. The van der Waals surface area contributed by atoms with Crippen molar-refractivity contribution in [2.24, 2.45) is 0 Å². The van der Waals surface area contributed by atoms with Gasteiger partial charge in [-0.15, -0.1) is 0 Å². The molecular formula is C15H18N4. The van der Waals surface area contributed by atoms with Crippen LogP contribution in [-0.4, -0.2) is 23.0 Å². The lowest BCUT2D eigenvalue weighted by atomic mass is 10.1. The van der Waals surface area contributed by atoms with Gasteiger partial charge < -0.3 is 5.73 Å². The van der Waals surface area contributed by atoms with Gasteiger partial charge in [0.1, 0.15) is 5.82 Å². The molecule has 1 aromatic heterocycles. The van der Waals surface area contributed by atoms with Crippen molar-refractivity contribution >= 4 is 16.7 Å². The summed E-state index contributed by atoms with van der Waals surface area (Å²) in [5, 5.41) is 9.76. The van der Waals surface area contributed by atoms with Gasteiger partial charge in [-0.05, 0) is 18.7 Å². The molecule has 0 atom stereocenters. The van der Waals surface area contributed by atoms with Crippen LogP contribution in [-0.2, 0) is 6.54 Å². The Morgan fingerprint density at radius 3 is 2.89 bits per heavy atom. The topological polar surface area (TPSA) is 65.9 Å². The van der Waals surface area contributed by atoms with Crippen LogP contribution < -0.4 is 5.73 Å². The van der Waals surface area contributed by atoms with Crippen LogP contribution in [0.15, 0.2) is 30.3 Å². The summed E-state index contributed by atoms with van der Waals surface area (Å²) in [4.78, 5) is 6.63. The fraction of sp³-hybridized carbons (Fsp3) is 0.333. The first-order valence-electron chi connectivity index (χ1n) is 6.48. The number of hydrogen-bond acceptors (Lipinski definition) is 4. The molecule has 2 rings (SSSR count). The number of anilines is 1. The number of para-hydroxylation sites is 1. The second-order valence-corrected chi connectivity index (χ2v) is 4.50. The molecule has 1 heterocycles. The number of hydrogen-bond donors (Lipinski definition) is 1. The summed E-state index contributed by atoms with van der Waals surface area (Å²) >= 11 is 0. The molecular weight excluding hydrogens is 236 g/mol. The van der Waals surface area contributed by atoms with Crippen molar-refractivity contribution in [3.63, 3.8) is 0 Å². The maximum atomic E-state index is 8.66. The third-order valence-electron chi connectivity index (χ3n) is 3.22. The monoisotopic (exact) mass is 254 g/mol. The second kappa shape index (κ2) is 6.17. The molecule has 0 bridgehead atoms. The van der Waals surface area contributed by atoms with Crippen molar-refractivity contribution < 1.29 is 0 Å². The number of rotatable bonds is 5. The molecule has 0 aliphatic carbocycles. The number of pyridine rings is 1. The molecule has 19 heavy (non-hydrogen) atoms. The molecule has 0 fully saturated rings. The number of fused-ring (bicyclic) bond motifs is 1. The first-order chi connectivity index (χ1) is 9.24. The lowest BCUT2D eigenvalue weighted by Crippen LogP contribution is -2.24. The highest BCUT2D eigenvalue weighted by molar-refractivity contribution is 5.81. The molecule has 0 saturated heterocycles. The van der Waals surface area contributed by atoms with Crippen LogP contribution in [0.4, 0.5) is 5.82 Å². The zero-order valence-corrected chi connectivity index (χ0v) is 11.1. The number of nitrogens with zero attached hydrogens (tertiary/aromatic N) is 3. The maximum absolute atomic E-state index is 8.66. The van der Waals surface area contributed by atoms with Crippen LogP contribution in [0.2, 0.25) is 0 Å². The van der Waals surface area contributed by atoms with Gasteiger partial charge in [0.25, 0.3) is 0 Å². The van der Waals surface area contributed by atoms with Gasteiger partial charge in [0.2, 0.25) is 0 Å². The van der Waals surface area contributed by atoms with Crippen LogP contribution >= 0.6 is 0 Å². The molecule has 0 spiro atoms. The van der Waals surface area contributed by atoms with E-state index in [1.807, 2.05) is 24.3 Å². The minimum atomic E-state index is 0.536. The van der Waals surface area contributed by atoms with E-state index in [1.54, 1.807) is 0 Å². The third kappa shape index (κ3) is 3.21. The van der Waals surface area contributed by atoms with Crippen molar-refractivity contribution in [2.45, 2.75) is 19.9 Å². The average molecular weight is 254 g/mol. The molecule has 0 amide bonds. The second-order valence-electron chi connectivity index (χ2n) is 4.50. The van der Waals surface area contributed by atoms with Gasteiger partial charge in [-0.25, -0.2) is 4.98 Å². The first kappa shape index (κ1) is 13.3. The van der Waals surface area contributed by atoms with Gasteiger partial charge in [-0.3, -0.25) is 4.90 Å². The van der Waals surface area contributed by atoms with E-state index in [2.05, 4.69) is 28.9 Å². The molecule has 0 radical (unpaired) electrons. The normalized spacial score (nSPS) is 10.8. The standard InChI is InChI=1S/C15H18N4/c1-2-19(9-5-8-16)11-13-10-12-6-3-4-7-14(12)18-15(13)17/h3-4,6-7,10H,2,5,9,11H2,1H3,(H2,17,18). The molecule has 4 nitrogen and oxygen atoms in total. The smallest absolute Gasteiger partial charge is 0.128 e. The summed E-state index contributed by atoms with van der Waals surface area (Å²) in [6.07, 6.45) is 0.536. The van der Waals surface area contributed by atoms with Gasteiger partial charge in [-0.2, -0.15) is 5.26 Å². The Labute approximate surface area is 113 Å². The summed E-state index contributed by atoms with van der Waals surface area (Å²) in [6.45, 7) is 4.48. The van der Waals surface area contributed by atoms with E-state index in [0.717, 1.165) is 36.1 Å². The van der Waals surface area contributed by atoms with Crippen LogP contribution in [0.1, 0.15) is 18.9 Å². The molecule has 98 valence electrons. The van der Waals surface area contributed by atoms with E-state index in [4.69, 9.17) is 11.0 Å². The third-order valence-corrected chi connectivity index (χ3v) is 3.22. The number of nitrogen functional groups attached to an aromatic ring is 1. The highest BCUT2D eigenvalue weighted by Gasteiger charge is 2.08. The Kier molecular flexibility index (Phi) is 4.32. The minimum absolute atomic E-state index is 0.536. The lowest BCUT2D eigenvalue weighted by molar-refractivity contribution is 0.287. The Bertz CT molecular complexity index is 601. The van der Waals surface area contributed by atoms with Crippen LogP contribution in [0, 0.1) is 11.3 Å². The van der Waals surface area contributed by atoms with E-state index < -0.39 is 0 Å². The number of benzene rings is 1. The number of nitrogens with two attached hydrogens (primary N) is 1. The van der Waals surface area contributed by atoms with Gasteiger partial charge in [0.05, 0.1) is 11.6 Å². The predicted octanol–water partition coefficient (Wildman–Crippen LogP) is 2.55. The van der Waals surface area contributed by atoms with Crippen molar-refractivity contribution in [3.8, 4) is 6.07 Å². The van der Waals surface area contributed by atoms with E-state index in [0.29, 0.717) is 12.2 Å². The van der Waals surface area contributed by atoms with Crippen molar-refractivity contribution in [1.29, 1.82) is 5.26 Å². The van der Waals surface area contributed by atoms with E-state index in [1.165, 1.54) is 0 Å². The summed E-state index contributed by atoms with van der Waals surface area (Å²) in [5.74, 6) is 0.578. The van der Waals surface area contributed by atoms with E-state index >= 15 is 0 Å². The largest absolute Gasteiger partial charge is 0.383 e. The molecule has 0 aliphatic heterocycles. The zero-order chi connectivity index (χ0) is 13.7. The Morgan fingerprint density at radius 1 is 1.37 bits per heavy atom. The fourth-order valence-electron chi connectivity index (χ4n) is 2.10. The molecule has 4 heteroatoms. The van der Waals surface area contributed by atoms with Crippen molar-refractivity contribution in [3.05, 3.63) is 35.9 Å². The average Bonchev–Trinajstić information content (AvgIpc) is 2.43. The Morgan fingerprint density at radius 2 is 2.16 bits per heavy atom. The van der Waals surface area contributed by atoms with Crippen LogP contribution in [0.25, 0.3) is 10.9 Å². The highest BCUT2D eigenvalue weighted by atomic mass is 15.1. The lowest BCUT2D eigenvalue weighted by Gasteiger charge is -2.19. The van der Waals surface area contributed by atoms with E-state index in [-0.39, 0.29) is 0 Å². The number of aromatic nitrogens is 1. The molecule has 2 N–H and O–H groups in total. The predicted molar refractivity (Wildman–Crippen MR) is 77.3 cm³/mol. The Balaban J connectivity index is 2.24. The maximum Gasteiger partial charge on any atom is 0.128 e. The van der Waals surface area contributed by atoms with Gasteiger partial charge in [0, 0.05) is 30.5 Å². The van der Waals surface area contributed by atoms with Crippen LogP contribution in [0.5, 0.6) is 0 Å². The summed E-state index contributed by atoms with van der Waals surface area (Å²) < 4.78 is 0. The van der Waals surface area contributed by atoms with Crippen LogP contribution in [0.3, 0.4) is 0 Å². The molecule has 0 aliphatic rings. The van der Waals surface area contributed by atoms with Crippen molar-refractivity contribution in [1.82, 2.24) is 9.88 Å². The van der Waals surface area contributed by atoms with Gasteiger partial charge in [-0.1, -0.05) is 25.1 Å². The highest BCUT2D eigenvalue weighted by Crippen LogP contribution is 2.19. The van der Waals surface area contributed by atoms with E-state index in [9.17, 15) is 0 Å². The molecule has 0 saturated carbocycles. The molecule has 1 aromatic carbocycles.